The van der Waals surface area contributed by atoms with Gasteiger partial charge in [0.15, 0.2) is 0 Å². The molecule has 2 N–H and O–H groups in total. The number of aryl methyl sites for hydroxylation is 3. The predicted octanol–water partition coefficient (Wildman–Crippen LogP) is 2.95. The monoisotopic (exact) mass is 407 g/mol. The molecule has 0 radical (unpaired) electrons. The van der Waals surface area contributed by atoms with E-state index in [1.807, 2.05) is 39.0 Å². The molecular weight excluding hydrogens is 378 g/mol. The van der Waals surface area contributed by atoms with Crippen molar-refractivity contribution in [1.82, 2.24) is 25.1 Å². The van der Waals surface area contributed by atoms with Gasteiger partial charge in [-0.3, -0.25) is 14.6 Å². The van der Waals surface area contributed by atoms with Gasteiger partial charge in [0.2, 0.25) is 11.9 Å². The van der Waals surface area contributed by atoms with Crippen molar-refractivity contribution in [3.8, 4) is 5.95 Å². The molecule has 1 amide bonds. The first-order chi connectivity index (χ1) is 14.3. The van der Waals surface area contributed by atoms with Gasteiger partial charge in [0.05, 0.1) is 5.69 Å². The molecule has 0 aliphatic carbocycles. The Hall–Kier alpha value is -3.22. The first kappa shape index (κ1) is 21.5. The van der Waals surface area contributed by atoms with Crippen LogP contribution in [0.4, 0.5) is 0 Å². The van der Waals surface area contributed by atoms with Crippen molar-refractivity contribution in [3.63, 3.8) is 0 Å². The third-order valence-corrected chi connectivity index (χ3v) is 5.22. The minimum absolute atomic E-state index is 0.0317. The quantitative estimate of drug-likeness (QED) is 0.600. The van der Waals surface area contributed by atoms with Crippen molar-refractivity contribution in [2.75, 3.05) is 0 Å². The maximum absolute atomic E-state index is 12.4. The van der Waals surface area contributed by atoms with E-state index >= 15 is 0 Å². The van der Waals surface area contributed by atoms with Gasteiger partial charge in [-0.15, -0.1) is 0 Å². The summed E-state index contributed by atoms with van der Waals surface area (Å²) >= 11 is 0. The van der Waals surface area contributed by atoms with Crippen molar-refractivity contribution in [3.05, 3.63) is 75.0 Å². The van der Waals surface area contributed by atoms with Gasteiger partial charge in [0.25, 0.3) is 5.56 Å². The normalized spacial score (nSPS) is 12.0. The summed E-state index contributed by atoms with van der Waals surface area (Å²) in [5.41, 5.74) is 4.42. The molecule has 158 valence electrons. The number of carbonyl (C=O) groups excluding carboxylic acids is 1. The number of benzene rings is 1. The molecule has 0 aliphatic heterocycles. The van der Waals surface area contributed by atoms with Gasteiger partial charge in [0, 0.05) is 29.9 Å². The van der Waals surface area contributed by atoms with Crippen LogP contribution in [-0.4, -0.2) is 31.7 Å². The highest BCUT2D eigenvalue weighted by atomic mass is 16.1. The topological polar surface area (TPSA) is 92.7 Å². The molecule has 0 fully saturated rings. The van der Waals surface area contributed by atoms with E-state index in [1.54, 1.807) is 11.6 Å². The number of rotatable bonds is 8. The molecule has 0 spiro atoms. The summed E-state index contributed by atoms with van der Waals surface area (Å²) in [6.07, 6.45) is 2.82. The lowest BCUT2D eigenvalue weighted by Gasteiger charge is -2.14. The number of aromatic nitrogens is 4. The lowest BCUT2D eigenvalue weighted by molar-refractivity contribution is -0.121. The Balaban J connectivity index is 1.58. The molecule has 2 heterocycles. The van der Waals surface area contributed by atoms with Crippen molar-refractivity contribution in [2.45, 2.75) is 59.4 Å². The molecule has 0 unspecified atom stereocenters. The lowest BCUT2D eigenvalue weighted by atomic mass is 10.1. The fourth-order valence-corrected chi connectivity index (χ4v) is 3.59. The van der Waals surface area contributed by atoms with Crippen LogP contribution < -0.4 is 10.9 Å². The maximum Gasteiger partial charge on any atom is 0.252 e. The first-order valence-electron chi connectivity index (χ1n) is 10.3. The summed E-state index contributed by atoms with van der Waals surface area (Å²) < 4.78 is 1.64. The molecule has 3 aromatic rings. The third-order valence-electron chi connectivity index (χ3n) is 5.22. The Morgan fingerprint density at radius 2 is 1.90 bits per heavy atom. The molecule has 7 nitrogen and oxygen atoms in total. The molecule has 1 atom stereocenters. The van der Waals surface area contributed by atoms with E-state index in [-0.39, 0.29) is 17.5 Å². The lowest BCUT2D eigenvalue weighted by Crippen LogP contribution is -2.33. The van der Waals surface area contributed by atoms with E-state index in [0.29, 0.717) is 24.5 Å². The fourth-order valence-electron chi connectivity index (χ4n) is 3.59. The molecule has 3 rings (SSSR count). The van der Waals surface area contributed by atoms with Crippen LogP contribution in [0.3, 0.4) is 0 Å². The third kappa shape index (κ3) is 5.43. The zero-order valence-electron chi connectivity index (χ0n) is 18.0. The number of aromatic amines is 1. The smallest absolute Gasteiger partial charge is 0.252 e. The number of hydrogen-bond acceptors (Lipinski definition) is 4. The number of carbonyl (C=O) groups is 1. The molecule has 0 saturated carbocycles. The molecule has 1 aromatic carbocycles. The molecule has 0 bridgehead atoms. The van der Waals surface area contributed by atoms with Gasteiger partial charge in [-0.1, -0.05) is 30.3 Å². The van der Waals surface area contributed by atoms with Gasteiger partial charge in [-0.25, -0.2) is 9.67 Å². The number of H-pyrrole nitrogens is 1. The molecular formula is C23H29N5O2. The Morgan fingerprint density at radius 1 is 1.17 bits per heavy atom. The second-order valence-corrected chi connectivity index (χ2v) is 7.76. The zero-order chi connectivity index (χ0) is 21.7. The average Bonchev–Trinajstić information content (AvgIpc) is 2.98. The van der Waals surface area contributed by atoms with E-state index in [0.717, 1.165) is 29.8 Å². The van der Waals surface area contributed by atoms with Gasteiger partial charge >= 0.3 is 0 Å². The van der Waals surface area contributed by atoms with E-state index in [9.17, 15) is 9.59 Å². The summed E-state index contributed by atoms with van der Waals surface area (Å²) in [6.45, 7) is 7.65. The molecule has 0 aliphatic rings. The highest BCUT2D eigenvalue weighted by Gasteiger charge is 2.16. The van der Waals surface area contributed by atoms with E-state index < -0.39 is 0 Å². The van der Waals surface area contributed by atoms with Crippen molar-refractivity contribution < 1.29 is 4.79 Å². The van der Waals surface area contributed by atoms with Crippen molar-refractivity contribution >= 4 is 5.91 Å². The van der Waals surface area contributed by atoms with Gasteiger partial charge < -0.3 is 5.32 Å². The van der Waals surface area contributed by atoms with Crippen molar-refractivity contribution in [1.29, 1.82) is 0 Å². The predicted molar refractivity (Wildman–Crippen MR) is 117 cm³/mol. The fraction of sp³-hybridized carbons (Fsp3) is 0.391. The molecule has 7 heteroatoms. The second kappa shape index (κ2) is 9.52. The van der Waals surface area contributed by atoms with Gasteiger partial charge in [-0.05, 0) is 58.1 Å². The molecule has 30 heavy (non-hydrogen) atoms. The number of hydrogen-bond donors (Lipinski definition) is 2. The van der Waals surface area contributed by atoms with Crippen LogP contribution in [0.1, 0.15) is 48.0 Å². The van der Waals surface area contributed by atoms with E-state index in [1.165, 1.54) is 11.6 Å². The van der Waals surface area contributed by atoms with Gasteiger partial charge in [-0.2, -0.15) is 5.10 Å². The Bertz CT molecular complexity index is 1070. The highest BCUT2D eigenvalue weighted by molar-refractivity contribution is 5.76. The Morgan fingerprint density at radius 3 is 2.60 bits per heavy atom. The van der Waals surface area contributed by atoms with E-state index in [2.05, 4.69) is 32.5 Å². The first-order valence-corrected chi connectivity index (χ1v) is 10.3. The van der Waals surface area contributed by atoms with Crippen LogP contribution in [0.25, 0.3) is 5.95 Å². The number of nitrogens with zero attached hydrogens (tertiary/aromatic N) is 3. The van der Waals surface area contributed by atoms with Crippen molar-refractivity contribution in [2.24, 2.45) is 0 Å². The van der Waals surface area contributed by atoms with Crippen LogP contribution in [0.2, 0.25) is 0 Å². The van der Waals surface area contributed by atoms with Gasteiger partial charge in [0.1, 0.15) is 0 Å². The van der Waals surface area contributed by atoms with Crippen LogP contribution in [-0.2, 0) is 17.6 Å². The number of nitrogens with one attached hydrogen (secondary N) is 2. The Labute approximate surface area is 176 Å². The maximum atomic E-state index is 12.4. The standard InChI is InChI=1S/C23H29N5O2/c1-15(10-11-19-8-6-5-7-9-19)24-21(29)13-12-20-17(3)27-28(18(20)4)23-25-16(2)14-22(30)26-23/h5-9,14-15H,10-13H2,1-4H3,(H,24,29)(H,25,26,30)/t15-/m1/s1. The summed E-state index contributed by atoms with van der Waals surface area (Å²) in [5, 5.41) is 7.60. The minimum atomic E-state index is -0.213. The zero-order valence-corrected chi connectivity index (χ0v) is 18.0. The largest absolute Gasteiger partial charge is 0.354 e. The SMILES string of the molecule is Cc1cc(=O)[nH]c(-n2nc(C)c(CCC(=O)N[C@H](C)CCc3ccccc3)c2C)n1. The Kier molecular flexibility index (Phi) is 6.82. The van der Waals surface area contributed by atoms with Crippen LogP contribution in [0.5, 0.6) is 0 Å². The average molecular weight is 408 g/mol. The van der Waals surface area contributed by atoms with Crippen LogP contribution in [0.15, 0.2) is 41.2 Å². The van der Waals surface area contributed by atoms with Crippen LogP contribution >= 0.6 is 0 Å². The second-order valence-electron chi connectivity index (χ2n) is 7.76. The molecule has 2 aromatic heterocycles. The summed E-state index contributed by atoms with van der Waals surface area (Å²) in [7, 11) is 0. The van der Waals surface area contributed by atoms with Crippen LogP contribution in [0, 0.1) is 20.8 Å². The summed E-state index contributed by atoms with van der Waals surface area (Å²) in [5.74, 6) is 0.426. The molecule has 0 saturated heterocycles. The summed E-state index contributed by atoms with van der Waals surface area (Å²) in [6, 6.07) is 11.8. The summed E-state index contributed by atoms with van der Waals surface area (Å²) in [4.78, 5) is 31.3. The van der Waals surface area contributed by atoms with E-state index in [4.69, 9.17) is 0 Å². The highest BCUT2D eigenvalue weighted by Crippen LogP contribution is 2.17. The number of amides is 1. The minimum Gasteiger partial charge on any atom is -0.354 e.